The zero-order chi connectivity index (χ0) is 14.8. The van der Waals surface area contributed by atoms with Crippen molar-refractivity contribution in [2.75, 3.05) is 0 Å². The number of hydrogen-bond acceptors (Lipinski definition) is 4. The van der Waals surface area contributed by atoms with E-state index in [1.54, 1.807) is 29.0 Å². The van der Waals surface area contributed by atoms with Gasteiger partial charge in [-0.15, -0.1) is 0 Å². The quantitative estimate of drug-likeness (QED) is 0.838. The van der Waals surface area contributed by atoms with Gasteiger partial charge in [0.1, 0.15) is 11.8 Å². The minimum Gasteiger partial charge on any atom is -0.307 e. The van der Waals surface area contributed by atoms with Crippen LogP contribution in [-0.4, -0.2) is 15.3 Å². The molecule has 0 aliphatic heterocycles. The van der Waals surface area contributed by atoms with Gasteiger partial charge in [0.15, 0.2) is 5.78 Å². The predicted octanol–water partition coefficient (Wildman–Crippen LogP) is 1.68. The SMILES string of the molecule is N#Cc1ncccc1Cn1c2c(ccc1=O)C(=O)CCC2. The number of nitriles is 1. The molecule has 5 nitrogen and oxygen atoms in total. The second kappa shape index (κ2) is 5.33. The Morgan fingerprint density at radius 1 is 1.24 bits per heavy atom. The van der Waals surface area contributed by atoms with Crippen molar-refractivity contribution in [2.45, 2.75) is 25.8 Å². The molecule has 0 N–H and O–H groups in total. The fourth-order valence-corrected chi connectivity index (χ4v) is 2.70. The first kappa shape index (κ1) is 13.3. The number of fused-ring (bicyclic) bond motifs is 1. The Labute approximate surface area is 121 Å². The van der Waals surface area contributed by atoms with E-state index in [0.717, 1.165) is 12.1 Å². The van der Waals surface area contributed by atoms with Crippen molar-refractivity contribution >= 4 is 5.78 Å². The molecule has 3 rings (SSSR count). The van der Waals surface area contributed by atoms with Crippen LogP contribution in [0.5, 0.6) is 0 Å². The maximum absolute atomic E-state index is 12.2. The van der Waals surface area contributed by atoms with Gasteiger partial charge < -0.3 is 4.57 Å². The molecule has 0 unspecified atom stereocenters. The van der Waals surface area contributed by atoms with Crippen LogP contribution < -0.4 is 5.56 Å². The number of pyridine rings is 2. The summed E-state index contributed by atoms with van der Waals surface area (Å²) in [5.41, 5.74) is 2.24. The smallest absolute Gasteiger partial charge is 0.251 e. The monoisotopic (exact) mass is 279 g/mol. The van der Waals surface area contributed by atoms with E-state index in [9.17, 15) is 9.59 Å². The van der Waals surface area contributed by atoms with E-state index in [1.807, 2.05) is 6.07 Å². The third-order valence-electron chi connectivity index (χ3n) is 3.74. The first-order chi connectivity index (χ1) is 10.2. The number of carbonyl (C=O) groups excluding carboxylic acids is 1. The number of ketones is 1. The van der Waals surface area contributed by atoms with Crippen molar-refractivity contribution in [3.05, 3.63) is 63.3 Å². The molecule has 5 heteroatoms. The van der Waals surface area contributed by atoms with Crippen molar-refractivity contribution in [1.82, 2.24) is 9.55 Å². The molecule has 0 saturated heterocycles. The highest BCUT2D eigenvalue weighted by Gasteiger charge is 2.21. The molecule has 2 heterocycles. The zero-order valence-electron chi connectivity index (χ0n) is 11.4. The number of rotatable bonds is 2. The highest BCUT2D eigenvalue weighted by atomic mass is 16.1. The molecule has 0 atom stereocenters. The molecule has 21 heavy (non-hydrogen) atoms. The van der Waals surface area contributed by atoms with Crippen molar-refractivity contribution in [3.63, 3.8) is 0 Å². The van der Waals surface area contributed by atoms with Gasteiger partial charge in [0.2, 0.25) is 0 Å². The number of Topliss-reactive ketones (excluding diaryl/α,β-unsaturated/α-hetero) is 1. The summed E-state index contributed by atoms with van der Waals surface area (Å²) >= 11 is 0. The average molecular weight is 279 g/mol. The molecule has 0 spiro atoms. The van der Waals surface area contributed by atoms with Gasteiger partial charge in [-0.1, -0.05) is 6.07 Å². The number of carbonyl (C=O) groups is 1. The Bertz CT molecular complexity index is 815. The lowest BCUT2D eigenvalue weighted by Crippen LogP contribution is -2.28. The van der Waals surface area contributed by atoms with E-state index in [4.69, 9.17) is 5.26 Å². The van der Waals surface area contributed by atoms with Crippen molar-refractivity contribution in [3.8, 4) is 6.07 Å². The van der Waals surface area contributed by atoms with Gasteiger partial charge in [0.25, 0.3) is 5.56 Å². The lowest BCUT2D eigenvalue weighted by molar-refractivity contribution is 0.0970. The summed E-state index contributed by atoms with van der Waals surface area (Å²) < 4.78 is 1.59. The minimum absolute atomic E-state index is 0.0803. The maximum atomic E-state index is 12.2. The van der Waals surface area contributed by atoms with E-state index in [-0.39, 0.29) is 17.9 Å². The predicted molar refractivity (Wildman–Crippen MR) is 76.0 cm³/mol. The summed E-state index contributed by atoms with van der Waals surface area (Å²) in [7, 11) is 0. The van der Waals surface area contributed by atoms with Gasteiger partial charge in [-0.3, -0.25) is 9.59 Å². The molecule has 0 saturated carbocycles. The highest BCUT2D eigenvalue weighted by molar-refractivity contribution is 5.97. The standard InChI is InChI=1S/C16H13N3O2/c17-9-13-11(3-2-8-18-13)10-19-14-4-1-5-15(20)12(14)6-7-16(19)21/h2-3,6-8H,1,4-5,10H2. The van der Waals surface area contributed by atoms with Gasteiger partial charge >= 0.3 is 0 Å². The van der Waals surface area contributed by atoms with Crippen LogP contribution in [0.2, 0.25) is 0 Å². The largest absolute Gasteiger partial charge is 0.307 e. The number of hydrogen-bond donors (Lipinski definition) is 0. The molecule has 2 aromatic rings. The second-order valence-corrected chi connectivity index (χ2v) is 5.02. The highest BCUT2D eigenvalue weighted by Crippen LogP contribution is 2.20. The van der Waals surface area contributed by atoms with E-state index in [1.165, 1.54) is 6.07 Å². The summed E-state index contributed by atoms with van der Waals surface area (Å²) in [6, 6.07) is 8.58. The van der Waals surface area contributed by atoms with Crippen LogP contribution in [0, 0.1) is 11.3 Å². The van der Waals surface area contributed by atoms with Crippen LogP contribution in [0.3, 0.4) is 0 Å². The molecule has 0 bridgehead atoms. The van der Waals surface area contributed by atoms with Crippen LogP contribution in [0.15, 0.2) is 35.3 Å². The van der Waals surface area contributed by atoms with Crippen LogP contribution in [0.4, 0.5) is 0 Å². The van der Waals surface area contributed by atoms with E-state index in [2.05, 4.69) is 4.98 Å². The van der Waals surface area contributed by atoms with E-state index < -0.39 is 0 Å². The Kier molecular flexibility index (Phi) is 3.36. The first-order valence-electron chi connectivity index (χ1n) is 6.80. The Balaban J connectivity index is 2.11. The van der Waals surface area contributed by atoms with Gasteiger partial charge in [0, 0.05) is 35.5 Å². The topological polar surface area (TPSA) is 75.8 Å². The second-order valence-electron chi connectivity index (χ2n) is 5.02. The third kappa shape index (κ3) is 2.36. The molecule has 0 radical (unpaired) electrons. The Morgan fingerprint density at radius 2 is 2.10 bits per heavy atom. The van der Waals surface area contributed by atoms with Gasteiger partial charge in [-0.05, 0) is 25.0 Å². The lowest BCUT2D eigenvalue weighted by atomic mass is 9.94. The fourth-order valence-electron chi connectivity index (χ4n) is 2.70. The summed E-state index contributed by atoms with van der Waals surface area (Å²) in [5, 5.41) is 9.09. The summed E-state index contributed by atoms with van der Waals surface area (Å²) in [6.45, 7) is 0.270. The average Bonchev–Trinajstić information content (AvgIpc) is 2.51. The van der Waals surface area contributed by atoms with Crippen LogP contribution >= 0.6 is 0 Å². The molecule has 1 aliphatic carbocycles. The van der Waals surface area contributed by atoms with Gasteiger partial charge in [-0.25, -0.2) is 4.98 Å². The normalized spacial score (nSPS) is 13.6. The van der Waals surface area contributed by atoms with Gasteiger partial charge in [-0.2, -0.15) is 5.26 Å². The summed E-state index contributed by atoms with van der Waals surface area (Å²) in [4.78, 5) is 28.1. The fraction of sp³-hybridized carbons (Fsp3) is 0.250. The Hall–Kier alpha value is -2.74. The van der Waals surface area contributed by atoms with Crippen molar-refractivity contribution in [1.29, 1.82) is 5.26 Å². The Morgan fingerprint density at radius 3 is 2.90 bits per heavy atom. The molecular weight excluding hydrogens is 266 g/mol. The van der Waals surface area contributed by atoms with Gasteiger partial charge in [0.05, 0.1) is 6.54 Å². The van der Waals surface area contributed by atoms with Crippen LogP contribution in [-0.2, 0) is 13.0 Å². The van der Waals surface area contributed by atoms with Crippen molar-refractivity contribution < 1.29 is 4.79 Å². The number of nitrogens with zero attached hydrogens (tertiary/aromatic N) is 3. The molecule has 0 fully saturated rings. The molecule has 0 aromatic carbocycles. The minimum atomic E-state index is -0.156. The van der Waals surface area contributed by atoms with E-state index >= 15 is 0 Å². The van der Waals surface area contributed by atoms with Crippen LogP contribution in [0.1, 0.15) is 40.2 Å². The van der Waals surface area contributed by atoms with Crippen LogP contribution in [0.25, 0.3) is 0 Å². The molecule has 0 amide bonds. The lowest BCUT2D eigenvalue weighted by Gasteiger charge is -2.20. The number of aromatic nitrogens is 2. The first-order valence-corrected chi connectivity index (χ1v) is 6.80. The summed E-state index contributed by atoms with van der Waals surface area (Å²) in [5.74, 6) is 0.0803. The third-order valence-corrected chi connectivity index (χ3v) is 3.74. The zero-order valence-corrected chi connectivity index (χ0v) is 11.4. The maximum Gasteiger partial charge on any atom is 0.251 e. The van der Waals surface area contributed by atoms with E-state index in [0.29, 0.717) is 29.7 Å². The van der Waals surface area contributed by atoms with Crippen molar-refractivity contribution in [2.24, 2.45) is 0 Å². The molecule has 1 aliphatic rings. The molecule has 2 aromatic heterocycles. The summed E-state index contributed by atoms with van der Waals surface area (Å²) in [6.07, 6.45) is 3.54. The molecule has 104 valence electrons. The molecular formula is C16H13N3O2.